The third-order valence-corrected chi connectivity index (χ3v) is 5.15. The lowest BCUT2D eigenvalue weighted by molar-refractivity contribution is -0.134. The molecule has 6 heteroatoms. The summed E-state index contributed by atoms with van der Waals surface area (Å²) in [6.07, 6.45) is 11.2. The Hall–Kier alpha value is -3.25. The maximum atomic E-state index is 9.55. The lowest BCUT2D eigenvalue weighted by Gasteiger charge is -2.34. The Morgan fingerprint density at radius 2 is 1.76 bits per heavy atom. The molecule has 1 aromatic carbocycles. The molecule has 0 amide bonds. The van der Waals surface area contributed by atoms with Crippen LogP contribution in [0.3, 0.4) is 0 Å². The SMILES string of the molecule is C1=C(c2cccnc2)CC2CCC1N2Cc1ccccc1.O=C(O)/C=C/C(=O)O. The minimum absolute atomic E-state index is 0.558. The summed E-state index contributed by atoms with van der Waals surface area (Å²) in [5.41, 5.74) is 4.21. The van der Waals surface area contributed by atoms with Gasteiger partial charge in [0.05, 0.1) is 0 Å². The van der Waals surface area contributed by atoms with Gasteiger partial charge in [-0.25, -0.2) is 9.59 Å². The number of carbonyl (C=O) groups is 2. The average Bonchev–Trinajstić information content (AvgIpc) is 2.95. The highest BCUT2D eigenvalue weighted by atomic mass is 16.4. The number of benzene rings is 1. The van der Waals surface area contributed by atoms with Crippen LogP contribution >= 0.6 is 0 Å². The molecule has 6 nitrogen and oxygen atoms in total. The van der Waals surface area contributed by atoms with Crippen LogP contribution < -0.4 is 0 Å². The number of fused-ring (bicyclic) bond motifs is 2. The molecule has 0 radical (unpaired) electrons. The van der Waals surface area contributed by atoms with Crippen molar-refractivity contribution in [3.63, 3.8) is 0 Å². The maximum Gasteiger partial charge on any atom is 0.328 e. The molecular formula is C23H24N2O4. The highest BCUT2D eigenvalue weighted by molar-refractivity contribution is 5.89. The molecule has 29 heavy (non-hydrogen) atoms. The van der Waals surface area contributed by atoms with E-state index in [2.05, 4.69) is 52.4 Å². The van der Waals surface area contributed by atoms with Gasteiger partial charge in [0, 0.05) is 43.2 Å². The second kappa shape index (κ2) is 9.80. The molecule has 3 heterocycles. The normalized spacial score (nSPS) is 20.6. The van der Waals surface area contributed by atoms with E-state index in [9.17, 15) is 9.59 Å². The minimum atomic E-state index is -1.26. The molecule has 2 unspecified atom stereocenters. The molecule has 0 saturated carbocycles. The van der Waals surface area contributed by atoms with Crippen LogP contribution in [0, 0.1) is 0 Å². The van der Waals surface area contributed by atoms with Gasteiger partial charge in [0.25, 0.3) is 0 Å². The fraction of sp³-hybridized carbons (Fsp3) is 0.261. The van der Waals surface area contributed by atoms with Gasteiger partial charge < -0.3 is 10.2 Å². The van der Waals surface area contributed by atoms with E-state index < -0.39 is 11.9 Å². The highest BCUT2D eigenvalue weighted by Crippen LogP contribution is 2.39. The van der Waals surface area contributed by atoms with Crippen molar-refractivity contribution in [2.75, 3.05) is 0 Å². The molecule has 1 saturated heterocycles. The summed E-state index contributed by atoms with van der Waals surface area (Å²) in [7, 11) is 0. The number of carboxylic acids is 2. The summed E-state index contributed by atoms with van der Waals surface area (Å²) in [5.74, 6) is -2.51. The van der Waals surface area contributed by atoms with Crippen LogP contribution in [-0.2, 0) is 16.1 Å². The van der Waals surface area contributed by atoms with E-state index in [1.807, 2.05) is 18.5 Å². The second-order valence-electron chi connectivity index (χ2n) is 7.10. The van der Waals surface area contributed by atoms with Crippen molar-refractivity contribution in [1.82, 2.24) is 9.88 Å². The Balaban J connectivity index is 0.000000258. The van der Waals surface area contributed by atoms with Gasteiger partial charge in [0.1, 0.15) is 0 Å². The molecule has 4 rings (SSSR count). The third-order valence-electron chi connectivity index (χ3n) is 5.15. The Kier molecular flexibility index (Phi) is 6.92. The second-order valence-corrected chi connectivity index (χ2v) is 7.10. The van der Waals surface area contributed by atoms with Gasteiger partial charge in [-0.05, 0) is 42.0 Å². The molecule has 2 aromatic rings. The number of hydrogen-bond donors (Lipinski definition) is 2. The first-order valence-electron chi connectivity index (χ1n) is 9.57. The minimum Gasteiger partial charge on any atom is -0.478 e. The zero-order valence-electron chi connectivity index (χ0n) is 16.0. The highest BCUT2D eigenvalue weighted by Gasteiger charge is 2.36. The first-order valence-corrected chi connectivity index (χ1v) is 9.57. The Morgan fingerprint density at radius 3 is 2.34 bits per heavy atom. The summed E-state index contributed by atoms with van der Waals surface area (Å²) >= 11 is 0. The summed E-state index contributed by atoms with van der Waals surface area (Å²) < 4.78 is 0. The van der Waals surface area contributed by atoms with Gasteiger partial charge in [-0.15, -0.1) is 0 Å². The fourth-order valence-corrected chi connectivity index (χ4v) is 3.87. The van der Waals surface area contributed by atoms with E-state index in [4.69, 9.17) is 10.2 Å². The number of rotatable bonds is 5. The number of nitrogens with zero attached hydrogens (tertiary/aromatic N) is 2. The topological polar surface area (TPSA) is 90.7 Å². The van der Waals surface area contributed by atoms with Crippen LogP contribution in [0.5, 0.6) is 0 Å². The number of carboxylic acid groups (broad SMARTS) is 2. The zero-order valence-corrected chi connectivity index (χ0v) is 16.0. The van der Waals surface area contributed by atoms with Crippen molar-refractivity contribution in [1.29, 1.82) is 0 Å². The van der Waals surface area contributed by atoms with Crippen molar-refractivity contribution < 1.29 is 19.8 Å². The quantitative estimate of drug-likeness (QED) is 0.756. The van der Waals surface area contributed by atoms with E-state index in [-0.39, 0.29) is 0 Å². The van der Waals surface area contributed by atoms with E-state index in [0.29, 0.717) is 24.2 Å². The summed E-state index contributed by atoms with van der Waals surface area (Å²) in [4.78, 5) is 26.0. The predicted molar refractivity (Wildman–Crippen MR) is 110 cm³/mol. The summed E-state index contributed by atoms with van der Waals surface area (Å²) in [6.45, 7) is 1.08. The van der Waals surface area contributed by atoms with E-state index >= 15 is 0 Å². The van der Waals surface area contributed by atoms with Crippen LogP contribution in [-0.4, -0.2) is 44.1 Å². The van der Waals surface area contributed by atoms with Crippen LogP contribution in [0.15, 0.2) is 73.1 Å². The summed E-state index contributed by atoms with van der Waals surface area (Å²) in [5, 5.41) is 15.6. The zero-order chi connectivity index (χ0) is 20.6. The summed E-state index contributed by atoms with van der Waals surface area (Å²) in [6, 6.07) is 16.3. The number of pyridine rings is 1. The van der Waals surface area contributed by atoms with Crippen LogP contribution in [0.4, 0.5) is 0 Å². The van der Waals surface area contributed by atoms with Crippen molar-refractivity contribution in [3.8, 4) is 0 Å². The number of aliphatic carboxylic acids is 2. The predicted octanol–water partition coefficient (Wildman–Crippen LogP) is 3.61. The van der Waals surface area contributed by atoms with E-state index in [1.165, 1.54) is 29.5 Å². The third kappa shape index (κ3) is 5.86. The van der Waals surface area contributed by atoms with Crippen molar-refractivity contribution in [2.45, 2.75) is 37.9 Å². The molecule has 2 bridgehead atoms. The van der Waals surface area contributed by atoms with Crippen LogP contribution in [0.25, 0.3) is 5.57 Å². The molecule has 1 aromatic heterocycles. The molecule has 2 N–H and O–H groups in total. The fourth-order valence-electron chi connectivity index (χ4n) is 3.87. The molecule has 150 valence electrons. The van der Waals surface area contributed by atoms with Gasteiger partial charge in [-0.2, -0.15) is 0 Å². The molecular weight excluding hydrogens is 368 g/mol. The average molecular weight is 392 g/mol. The van der Waals surface area contributed by atoms with Crippen molar-refractivity contribution in [2.24, 2.45) is 0 Å². The van der Waals surface area contributed by atoms with Crippen molar-refractivity contribution >= 4 is 17.5 Å². The van der Waals surface area contributed by atoms with Gasteiger partial charge in [-0.3, -0.25) is 9.88 Å². The largest absolute Gasteiger partial charge is 0.478 e. The van der Waals surface area contributed by atoms with Gasteiger partial charge in [-0.1, -0.05) is 42.5 Å². The Labute approximate surface area is 169 Å². The standard InChI is InChI=1S/C19H20N2.C4H4O4/c1-2-5-15(6-3-1)14-21-18-8-9-19(21)12-17(11-18)16-7-4-10-20-13-16;5-3(6)1-2-4(7)8/h1-7,10-11,13,18-19H,8-9,12,14H2;1-2H,(H,5,6)(H,7,8)/b;2-1+. The number of hydrogen-bond acceptors (Lipinski definition) is 4. The lowest BCUT2D eigenvalue weighted by atomic mass is 9.95. The Morgan fingerprint density at radius 1 is 1.03 bits per heavy atom. The molecule has 0 aliphatic carbocycles. The first-order chi connectivity index (χ1) is 14.0. The van der Waals surface area contributed by atoms with Crippen LogP contribution in [0.1, 0.15) is 30.4 Å². The molecule has 1 fully saturated rings. The number of aromatic nitrogens is 1. The van der Waals surface area contributed by atoms with Gasteiger partial charge in [0.15, 0.2) is 0 Å². The smallest absolute Gasteiger partial charge is 0.328 e. The molecule has 0 spiro atoms. The lowest BCUT2D eigenvalue weighted by Crippen LogP contribution is -2.37. The van der Waals surface area contributed by atoms with Crippen LogP contribution in [0.2, 0.25) is 0 Å². The first kappa shape index (κ1) is 20.5. The maximum absolute atomic E-state index is 9.55. The molecule has 2 aliphatic heterocycles. The Bertz CT molecular complexity index is 878. The monoisotopic (exact) mass is 392 g/mol. The van der Waals surface area contributed by atoms with E-state index in [1.54, 1.807) is 0 Å². The van der Waals surface area contributed by atoms with Crippen molar-refractivity contribution in [3.05, 3.63) is 84.2 Å². The molecule has 2 atom stereocenters. The van der Waals surface area contributed by atoms with Gasteiger partial charge >= 0.3 is 11.9 Å². The van der Waals surface area contributed by atoms with E-state index in [0.717, 1.165) is 13.0 Å². The van der Waals surface area contributed by atoms with Gasteiger partial charge in [0.2, 0.25) is 0 Å². The molecule has 2 aliphatic rings.